The minimum atomic E-state index is -0.254. The molecule has 3 nitrogen and oxygen atoms in total. The van der Waals surface area contributed by atoms with Crippen LogP contribution < -0.4 is 5.32 Å². The van der Waals surface area contributed by atoms with E-state index in [2.05, 4.69) is 5.32 Å². The first-order valence-corrected chi connectivity index (χ1v) is 5.14. The maximum atomic E-state index is 11.6. The molecule has 1 atom stereocenters. The molecule has 0 bridgehead atoms. The van der Waals surface area contributed by atoms with Crippen molar-refractivity contribution in [1.82, 2.24) is 5.32 Å². The van der Waals surface area contributed by atoms with E-state index < -0.39 is 0 Å². The molecular weight excluding hydrogens is 226 g/mol. The number of ether oxygens (including phenoxy) is 1. The summed E-state index contributed by atoms with van der Waals surface area (Å²) in [6, 6.07) is 7.64. The number of nitrogens with one attached hydrogen (secondary N) is 1. The predicted molar refractivity (Wildman–Crippen MR) is 67.1 cm³/mol. The predicted octanol–water partition coefficient (Wildman–Crippen LogP) is 2.57. The molecule has 0 aromatic heterocycles. The van der Waals surface area contributed by atoms with Crippen LogP contribution in [0.4, 0.5) is 0 Å². The lowest BCUT2D eigenvalue weighted by molar-refractivity contribution is 0.0524. The maximum absolute atomic E-state index is 11.6. The minimum absolute atomic E-state index is 0. The quantitative estimate of drug-likeness (QED) is 0.826. The molecule has 16 heavy (non-hydrogen) atoms. The third-order valence-corrected chi connectivity index (χ3v) is 2.36. The van der Waals surface area contributed by atoms with Gasteiger partial charge in [0.15, 0.2) is 0 Å². The Morgan fingerprint density at radius 1 is 1.44 bits per heavy atom. The first-order chi connectivity index (χ1) is 7.20. The second-order valence-corrected chi connectivity index (χ2v) is 3.32. The molecule has 0 aliphatic rings. The Morgan fingerprint density at radius 3 is 2.62 bits per heavy atom. The highest BCUT2D eigenvalue weighted by molar-refractivity contribution is 5.91. The summed E-state index contributed by atoms with van der Waals surface area (Å²) in [6.07, 6.45) is 0. The maximum Gasteiger partial charge on any atom is 0.338 e. The molecule has 1 aromatic carbocycles. The van der Waals surface area contributed by atoms with Gasteiger partial charge in [0.2, 0.25) is 0 Å². The highest BCUT2D eigenvalue weighted by Crippen LogP contribution is 2.18. The molecule has 4 heteroatoms. The lowest BCUT2D eigenvalue weighted by Crippen LogP contribution is -2.17. The highest BCUT2D eigenvalue weighted by Gasteiger charge is 2.14. The summed E-state index contributed by atoms with van der Waals surface area (Å²) in [5.74, 6) is -0.254. The lowest BCUT2D eigenvalue weighted by atomic mass is 10.0. The number of benzene rings is 1. The van der Waals surface area contributed by atoms with Gasteiger partial charge >= 0.3 is 5.97 Å². The van der Waals surface area contributed by atoms with Gasteiger partial charge in [-0.1, -0.05) is 18.2 Å². The van der Waals surface area contributed by atoms with Gasteiger partial charge in [-0.15, -0.1) is 12.4 Å². The molecule has 90 valence electrons. The smallest absolute Gasteiger partial charge is 0.338 e. The monoisotopic (exact) mass is 243 g/mol. The summed E-state index contributed by atoms with van der Waals surface area (Å²) < 4.78 is 5.00. The van der Waals surface area contributed by atoms with E-state index in [1.54, 1.807) is 6.07 Å². The van der Waals surface area contributed by atoms with E-state index in [9.17, 15) is 4.79 Å². The molecule has 0 aliphatic heterocycles. The van der Waals surface area contributed by atoms with Gasteiger partial charge in [-0.05, 0) is 32.5 Å². The Kier molecular flexibility index (Phi) is 6.77. The van der Waals surface area contributed by atoms with Crippen molar-refractivity contribution in [3.8, 4) is 0 Å². The molecule has 0 aliphatic carbocycles. The van der Waals surface area contributed by atoms with Crippen molar-refractivity contribution in [2.75, 3.05) is 13.7 Å². The summed E-state index contributed by atoms with van der Waals surface area (Å²) >= 11 is 0. The van der Waals surface area contributed by atoms with Crippen molar-refractivity contribution >= 4 is 18.4 Å². The Labute approximate surface area is 103 Å². The Bertz CT molecular complexity index is 342. The van der Waals surface area contributed by atoms with Crippen LogP contribution in [-0.2, 0) is 4.74 Å². The van der Waals surface area contributed by atoms with Crippen molar-refractivity contribution in [3.63, 3.8) is 0 Å². The fourth-order valence-electron chi connectivity index (χ4n) is 1.42. The molecule has 0 fully saturated rings. The molecule has 1 N–H and O–H groups in total. The molecule has 1 rings (SSSR count). The van der Waals surface area contributed by atoms with E-state index in [1.165, 1.54) is 0 Å². The first-order valence-electron chi connectivity index (χ1n) is 5.14. The van der Waals surface area contributed by atoms with Crippen LogP contribution in [0.5, 0.6) is 0 Å². The molecule has 1 aromatic rings. The van der Waals surface area contributed by atoms with E-state index in [1.807, 2.05) is 39.1 Å². The first kappa shape index (κ1) is 14.9. The van der Waals surface area contributed by atoms with E-state index in [0.717, 1.165) is 5.56 Å². The number of carbonyl (C=O) groups excluding carboxylic acids is 1. The zero-order valence-corrected chi connectivity index (χ0v) is 10.6. The fourth-order valence-corrected chi connectivity index (χ4v) is 1.42. The minimum Gasteiger partial charge on any atom is -0.462 e. The molecule has 0 amide bonds. The molecular formula is C12H18ClNO2. The normalized spacial score (nSPS) is 11.4. The second-order valence-electron chi connectivity index (χ2n) is 3.32. The van der Waals surface area contributed by atoms with E-state index in [-0.39, 0.29) is 24.4 Å². The van der Waals surface area contributed by atoms with Crippen molar-refractivity contribution in [3.05, 3.63) is 35.4 Å². The third kappa shape index (κ3) is 3.51. The van der Waals surface area contributed by atoms with Crippen LogP contribution in [0.3, 0.4) is 0 Å². The average molecular weight is 244 g/mol. The topological polar surface area (TPSA) is 38.3 Å². The van der Waals surface area contributed by atoms with Crippen molar-refractivity contribution in [1.29, 1.82) is 0 Å². The van der Waals surface area contributed by atoms with Crippen LogP contribution in [0.25, 0.3) is 0 Å². The van der Waals surface area contributed by atoms with Crippen LogP contribution in [0.15, 0.2) is 24.3 Å². The molecule has 0 saturated heterocycles. The zero-order valence-electron chi connectivity index (χ0n) is 9.82. The number of halogens is 1. The molecule has 0 saturated carbocycles. The number of carbonyl (C=O) groups is 1. The lowest BCUT2D eigenvalue weighted by Gasteiger charge is -2.14. The summed E-state index contributed by atoms with van der Waals surface area (Å²) in [5, 5.41) is 3.11. The zero-order chi connectivity index (χ0) is 11.3. The van der Waals surface area contributed by atoms with Gasteiger partial charge < -0.3 is 10.1 Å². The van der Waals surface area contributed by atoms with Crippen LogP contribution in [0.2, 0.25) is 0 Å². The molecule has 0 unspecified atom stereocenters. The fraction of sp³-hybridized carbons (Fsp3) is 0.417. The highest BCUT2D eigenvalue weighted by atomic mass is 35.5. The largest absolute Gasteiger partial charge is 0.462 e. The summed E-state index contributed by atoms with van der Waals surface area (Å²) in [5.41, 5.74) is 1.61. The van der Waals surface area contributed by atoms with Crippen molar-refractivity contribution in [2.45, 2.75) is 19.9 Å². The van der Waals surface area contributed by atoms with Gasteiger partial charge in [-0.2, -0.15) is 0 Å². The Balaban J connectivity index is 0.00000225. The van der Waals surface area contributed by atoms with Gasteiger partial charge in [0, 0.05) is 6.04 Å². The Morgan fingerprint density at radius 2 is 2.06 bits per heavy atom. The van der Waals surface area contributed by atoms with Crippen LogP contribution in [0, 0.1) is 0 Å². The van der Waals surface area contributed by atoms with Gasteiger partial charge in [-0.3, -0.25) is 0 Å². The van der Waals surface area contributed by atoms with Gasteiger partial charge in [0.25, 0.3) is 0 Å². The van der Waals surface area contributed by atoms with Crippen LogP contribution in [-0.4, -0.2) is 19.6 Å². The molecule has 0 heterocycles. The number of esters is 1. The van der Waals surface area contributed by atoms with E-state index >= 15 is 0 Å². The van der Waals surface area contributed by atoms with Gasteiger partial charge in [0.1, 0.15) is 0 Å². The van der Waals surface area contributed by atoms with E-state index in [0.29, 0.717) is 12.2 Å². The summed E-state index contributed by atoms with van der Waals surface area (Å²) in [4.78, 5) is 11.6. The van der Waals surface area contributed by atoms with Gasteiger partial charge in [0.05, 0.1) is 12.2 Å². The van der Waals surface area contributed by atoms with Crippen LogP contribution in [0.1, 0.15) is 35.8 Å². The van der Waals surface area contributed by atoms with Crippen LogP contribution >= 0.6 is 12.4 Å². The third-order valence-electron chi connectivity index (χ3n) is 2.36. The average Bonchev–Trinajstić information content (AvgIpc) is 2.28. The summed E-state index contributed by atoms with van der Waals surface area (Å²) in [6.45, 7) is 4.22. The van der Waals surface area contributed by atoms with E-state index in [4.69, 9.17) is 4.74 Å². The van der Waals surface area contributed by atoms with Crippen molar-refractivity contribution in [2.24, 2.45) is 0 Å². The SMILES string of the molecule is CCOC(=O)c1ccccc1[C@H](C)NC.Cl. The molecule has 0 spiro atoms. The van der Waals surface area contributed by atoms with Crippen molar-refractivity contribution < 1.29 is 9.53 Å². The summed E-state index contributed by atoms with van der Waals surface area (Å²) in [7, 11) is 1.87. The molecule has 0 radical (unpaired) electrons. The number of rotatable bonds is 4. The Hall–Kier alpha value is -1.06. The standard InChI is InChI=1S/C12H17NO2.ClH/c1-4-15-12(14)11-8-6-5-7-10(11)9(2)13-3;/h5-9,13H,4H2,1-3H3;1H/t9-;/m0./s1. The van der Waals surface area contributed by atoms with Gasteiger partial charge in [-0.25, -0.2) is 4.79 Å². The number of hydrogen-bond donors (Lipinski definition) is 1. The number of hydrogen-bond acceptors (Lipinski definition) is 3. The second kappa shape index (κ2) is 7.25.